The van der Waals surface area contributed by atoms with E-state index in [2.05, 4.69) is 15.5 Å². The number of hydrogen-bond acceptors (Lipinski definition) is 11. The third kappa shape index (κ3) is 13.3. The van der Waals surface area contributed by atoms with E-state index in [1.165, 1.54) is 24.3 Å². The smallest absolute Gasteiger partial charge is 0.303 e. The Bertz CT molecular complexity index is 1430. The second kappa shape index (κ2) is 20.5. The molecule has 1 heterocycles. The molecular formula is C34H42Cl2FN3O10. The van der Waals surface area contributed by atoms with E-state index in [0.29, 0.717) is 43.4 Å². The van der Waals surface area contributed by atoms with Gasteiger partial charge in [0.1, 0.15) is 18.5 Å². The number of aryl methyl sites for hydroxylation is 1. The molecule has 0 aromatic heterocycles. The van der Waals surface area contributed by atoms with Crippen LogP contribution in [-0.2, 0) is 49.3 Å². The third-order valence-electron chi connectivity index (χ3n) is 7.34. The summed E-state index contributed by atoms with van der Waals surface area (Å²) in [6.07, 6.45) is -6.46. The lowest BCUT2D eigenvalue weighted by molar-refractivity contribution is -0.271. The first-order chi connectivity index (χ1) is 23.9. The SMILES string of the molecule is CC(=O)OC[C@H]1O[C@@H](Oc2ccc(NC(=O)CNC(=O)CCCc3ccc(N(CCCl)CCCl)cc3)cc2)[C@H](F)[C@@H](OC(C)=O)[C@@H]1OC(C)=O. The van der Waals surface area contributed by atoms with E-state index < -0.39 is 61.2 Å². The summed E-state index contributed by atoms with van der Waals surface area (Å²) in [5.41, 5.74) is 2.49. The molecular weight excluding hydrogens is 700 g/mol. The van der Waals surface area contributed by atoms with Gasteiger partial charge in [-0.05, 0) is 54.8 Å². The van der Waals surface area contributed by atoms with Gasteiger partial charge in [-0.15, -0.1) is 23.2 Å². The zero-order valence-electron chi connectivity index (χ0n) is 28.0. The van der Waals surface area contributed by atoms with E-state index in [1.807, 2.05) is 24.3 Å². The Hall–Kier alpha value is -4.14. The quantitative estimate of drug-likeness (QED) is 0.130. The topological polar surface area (TPSA) is 159 Å². The summed E-state index contributed by atoms with van der Waals surface area (Å²) in [6, 6.07) is 13.9. The number of nitrogens with one attached hydrogen (secondary N) is 2. The minimum Gasteiger partial charge on any atom is -0.463 e. The van der Waals surface area contributed by atoms with Crippen molar-refractivity contribution < 1.29 is 52.0 Å². The Kier molecular flexibility index (Phi) is 16.5. The fourth-order valence-electron chi connectivity index (χ4n) is 5.08. The predicted octanol–water partition coefficient (Wildman–Crippen LogP) is 3.92. The Morgan fingerprint density at radius 2 is 1.46 bits per heavy atom. The monoisotopic (exact) mass is 741 g/mol. The van der Waals surface area contributed by atoms with Crippen LogP contribution < -0.4 is 20.3 Å². The summed E-state index contributed by atoms with van der Waals surface area (Å²) in [5, 5.41) is 5.25. The molecule has 0 spiro atoms. The van der Waals surface area contributed by atoms with E-state index in [1.54, 1.807) is 0 Å². The summed E-state index contributed by atoms with van der Waals surface area (Å²) in [6.45, 7) is 4.02. The van der Waals surface area contributed by atoms with Crippen molar-refractivity contribution in [3.8, 4) is 5.75 Å². The average molecular weight is 743 g/mol. The van der Waals surface area contributed by atoms with Crippen molar-refractivity contribution in [3.05, 3.63) is 54.1 Å². The lowest BCUT2D eigenvalue weighted by Crippen LogP contribution is -2.61. The average Bonchev–Trinajstić information content (AvgIpc) is 3.06. The van der Waals surface area contributed by atoms with Gasteiger partial charge < -0.3 is 39.2 Å². The molecule has 3 rings (SSSR count). The van der Waals surface area contributed by atoms with Crippen molar-refractivity contribution in [2.24, 2.45) is 0 Å². The number of hydrogen-bond donors (Lipinski definition) is 2. The first-order valence-electron chi connectivity index (χ1n) is 16.0. The van der Waals surface area contributed by atoms with Crippen LogP contribution in [0.25, 0.3) is 0 Å². The normalized spacial score (nSPS) is 19.8. The summed E-state index contributed by atoms with van der Waals surface area (Å²) in [7, 11) is 0. The minimum absolute atomic E-state index is 0.125. The largest absolute Gasteiger partial charge is 0.463 e. The van der Waals surface area contributed by atoms with Gasteiger partial charge in [0.25, 0.3) is 0 Å². The third-order valence-corrected chi connectivity index (χ3v) is 7.68. The van der Waals surface area contributed by atoms with E-state index in [9.17, 15) is 24.0 Å². The molecule has 13 nitrogen and oxygen atoms in total. The van der Waals surface area contributed by atoms with Crippen molar-refractivity contribution in [2.45, 2.75) is 70.8 Å². The number of alkyl halides is 3. The number of ether oxygens (including phenoxy) is 5. The number of nitrogens with zero attached hydrogens (tertiary/aromatic N) is 1. The Labute approximate surface area is 300 Å². The number of carbonyl (C=O) groups excluding carboxylic acids is 5. The maximum atomic E-state index is 15.6. The highest BCUT2D eigenvalue weighted by molar-refractivity contribution is 6.18. The van der Waals surface area contributed by atoms with Gasteiger partial charge >= 0.3 is 17.9 Å². The van der Waals surface area contributed by atoms with Gasteiger partial charge in [0.2, 0.25) is 24.3 Å². The van der Waals surface area contributed by atoms with Crippen LogP contribution in [0.4, 0.5) is 15.8 Å². The van der Waals surface area contributed by atoms with Gasteiger partial charge in [-0.25, -0.2) is 4.39 Å². The number of benzene rings is 2. The summed E-state index contributed by atoms with van der Waals surface area (Å²) < 4.78 is 42.1. The molecule has 1 fully saturated rings. The van der Waals surface area contributed by atoms with Gasteiger partial charge in [-0.2, -0.15) is 0 Å². The van der Waals surface area contributed by atoms with Gasteiger partial charge in [0.05, 0.1) is 6.54 Å². The number of carbonyl (C=O) groups is 5. The number of rotatable bonds is 18. The number of amides is 2. The molecule has 1 saturated heterocycles. The van der Waals surface area contributed by atoms with Crippen LogP contribution >= 0.6 is 23.2 Å². The van der Waals surface area contributed by atoms with Gasteiger partial charge in [-0.1, -0.05) is 12.1 Å². The molecule has 2 amide bonds. The zero-order chi connectivity index (χ0) is 36.6. The molecule has 5 atom stereocenters. The molecule has 0 aliphatic carbocycles. The first-order valence-corrected chi connectivity index (χ1v) is 17.0. The molecule has 0 bridgehead atoms. The number of esters is 3. The fourth-order valence-corrected chi connectivity index (χ4v) is 5.49. The van der Waals surface area contributed by atoms with E-state index in [-0.39, 0.29) is 24.6 Å². The van der Waals surface area contributed by atoms with Crippen molar-refractivity contribution in [3.63, 3.8) is 0 Å². The van der Waals surface area contributed by atoms with E-state index >= 15 is 4.39 Å². The van der Waals surface area contributed by atoms with Crippen molar-refractivity contribution >= 4 is 64.3 Å². The standard InChI is InChI=1S/C34H42Cl2FN3O10/c1-21(41)46-20-28-32(47-22(2)42)33(48-23(3)43)31(37)34(50-28)49-27-13-9-25(10-14-27)39-30(45)19-38-29(44)6-4-5-24-7-11-26(12-8-24)40(17-15-35)18-16-36/h7-14,28,31-34H,4-6,15-20H2,1-3H3,(H,38,44)(H,39,45)/t28-,31-,32-,33-,34-/m1/s1. The molecule has 274 valence electrons. The molecule has 0 saturated carbocycles. The highest BCUT2D eigenvalue weighted by Gasteiger charge is 2.52. The molecule has 50 heavy (non-hydrogen) atoms. The van der Waals surface area contributed by atoms with Crippen molar-refractivity contribution in [1.29, 1.82) is 0 Å². The maximum Gasteiger partial charge on any atom is 0.303 e. The van der Waals surface area contributed by atoms with E-state index in [0.717, 1.165) is 32.0 Å². The molecule has 1 aliphatic rings. The van der Waals surface area contributed by atoms with Crippen LogP contribution in [-0.4, -0.2) is 98.5 Å². The number of halogens is 3. The number of anilines is 2. The van der Waals surface area contributed by atoms with Crippen molar-refractivity contribution in [1.82, 2.24) is 5.32 Å². The molecule has 1 aliphatic heterocycles. The second-order valence-electron chi connectivity index (χ2n) is 11.3. The highest BCUT2D eigenvalue weighted by atomic mass is 35.5. The Morgan fingerprint density at radius 1 is 0.840 bits per heavy atom. The first kappa shape index (κ1) is 40.3. The van der Waals surface area contributed by atoms with E-state index in [4.69, 9.17) is 46.9 Å². The van der Waals surface area contributed by atoms with Crippen LogP contribution in [0.2, 0.25) is 0 Å². The minimum atomic E-state index is -2.10. The van der Waals surface area contributed by atoms with Crippen LogP contribution in [0, 0.1) is 0 Å². The van der Waals surface area contributed by atoms with Crippen LogP contribution in [0.5, 0.6) is 5.75 Å². The lowest BCUT2D eigenvalue weighted by Gasteiger charge is -2.41. The molecule has 0 unspecified atom stereocenters. The van der Waals surface area contributed by atoms with Gasteiger partial charge in [0, 0.05) is 63.4 Å². The predicted molar refractivity (Wildman–Crippen MR) is 183 cm³/mol. The van der Waals surface area contributed by atoms with Crippen LogP contribution in [0.1, 0.15) is 39.2 Å². The summed E-state index contributed by atoms with van der Waals surface area (Å²) in [4.78, 5) is 61.7. The molecule has 2 aromatic rings. The molecule has 2 aromatic carbocycles. The summed E-state index contributed by atoms with van der Waals surface area (Å²) >= 11 is 11.8. The van der Waals surface area contributed by atoms with Crippen molar-refractivity contribution in [2.75, 3.05) is 48.2 Å². The Balaban J connectivity index is 1.48. The van der Waals surface area contributed by atoms with Crippen LogP contribution in [0.3, 0.4) is 0 Å². The molecule has 2 N–H and O–H groups in total. The molecule has 0 radical (unpaired) electrons. The molecule has 16 heteroatoms. The zero-order valence-corrected chi connectivity index (χ0v) is 29.5. The highest BCUT2D eigenvalue weighted by Crippen LogP contribution is 2.31. The second-order valence-corrected chi connectivity index (χ2v) is 12.0. The maximum absolute atomic E-state index is 15.6. The lowest BCUT2D eigenvalue weighted by atomic mass is 9.99. The Morgan fingerprint density at radius 3 is 2.04 bits per heavy atom. The fraction of sp³-hybridized carbons (Fsp3) is 0.500. The van der Waals surface area contributed by atoms with Gasteiger partial charge in [-0.3, -0.25) is 24.0 Å². The van der Waals surface area contributed by atoms with Crippen LogP contribution in [0.15, 0.2) is 48.5 Å². The summed E-state index contributed by atoms with van der Waals surface area (Å²) in [5.74, 6) is -1.90. The van der Waals surface area contributed by atoms with Gasteiger partial charge in [0.15, 0.2) is 12.2 Å².